The van der Waals surface area contributed by atoms with Crippen LogP contribution in [0.1, 0.15) is 23.2 Å². The van der Waals surface area contributed by atoms with E-state index in [1.54, 1.807) is 6.07 Å². The van der Waals surface area contributed by atoms with Crippen LogP contribution in [0.15, 0.2) is 30.5 Å². The van der Waals surface area contributed by atoms with Crippen molar-refractivity contribution in [3.8, 4) is 6.07 Å². The SMILES string of the molecule is N#CCCCNC(=O)c1cccc2[nH]ccc12. The third-order valence-electron chi connectivity index (χ3n) is 2.59. The Morgan fingerprint density at radius 2 is 2.29 bits per heavy atom. The molecule has 2 N–H and O–H groups in total. The molecule has 0 aliphatic carbocycles. The Morgan fingerprint density at radius 1 is 1.41 bits per heavy atom. The van der Waals surface area contributed by atoms with E-state index in [1.165, 1.54) is 0 Å². The Bertz CT molecular complexity index is 565. The second kappa shape index (κ2) is 5.17. The number of nitriles is 1. The Balaban J connectivity index is 2.09. The summed E-state index contributed by atoms with van der Waals surface area (Å²) < 4.78 is 0. The van der Waals surface area contributed by atoms with Crippen molar-refractivity contribution >= 4 is 16.8 Å². The molecule has 0 aliphatic rings. The fourth-order valence-electron chi connectivity index (χ4n) is 1.75. The van der Waals surface area contributed by atoms with E-state index in [-0.39, 0.29) is 5.91 Å². The topological polar surface area (TPSA) is 68.7 Å². The highest BCUT2D eigenvalue weighted by atomic mass is 16.1. The fourth-order valence-corrected chi connectivity index (χ4v) is 1.75. The molecule has 0 saturated heterocycles. The molecule has 0 fully saturated rings. The molecule has 0 unspecified atom stereocenters. The lowest BCUT2D eigenvalue weighted by molar-refractivity contribution is 0.0955. The summed E-state index contributed by atoms with van der Waals surface area (Å²) in [6.07, 6.45) is 2.97. The van der Waals surface area contributed by atoms with Crippen molar-refractivity contribution < 1.29 is 4.79 Å². The van der Waals surface area contributed by atoms with E-state index < -0.39 is 0 Å². The first-order valence-corrected chi connectivity index (χ1v) is 5.54. The third-order valence-corrected chi connectivity index (χ3v) is 2.59. The van der Waals surface area contributed by atoms with Crippen LogP contribution in [0.5, 0.6) is 0 Å². The summed E-state index contributed by atoms with van der Waals surface area (Å²) in [6, 6.07) is 9.52. The van der Waals surface area contributed by atoms with Crippen molar-refractivity contribution in [3.63, 3.8) is 0 Å². The quantitative estimate of drug-likeness (QED) is 0.786. The van der Waals surface area contributed by atoms with Gasteiger partial charge in [-0.15, -0.1) is 0 Å². The predicted octanol–water partition coefficient (Wildman–Crippen LogP) is 2.20. The minimum atomic E-state index is -0.0897. The molecule has 0 aliphatic heterocycles. The summed E-state index contributed by atoms with van der Waals surface area (Å²) in [4.78, 5) is 15.0. The molecule has 0 bridgehead atoms. The minimum Gasteiger partial charge on any atom is -0.361 e. The van der Waals surface area contributed by atoms with E-state index >= 15 is 0 Å². The number of unbranched alkanes of at least 4 members (excludes halogenated alkanes) is 1. The molecule has 1 amide bonds. The van der Waals surface area contributed by atoms with Gasteiger partial charge in [-0.05, 0) is 24.6 Å². The van der Waals surface area contributed by atoms with Crippen LogP contribution in [-0.2, 0) is 0 Å². The predicted molar refractivity (Wildman–Crippen MR) is 65.5 cm³/mol. The van der Waals surface area contributed by atoms with Crippen molar-refractivity contribution in [2.45, 2.75) is 12.8 Å². The maximum Gasteiger partial charge on any atom is 0.251 e. The van der Waals surface area contributed by atoms with Crippen molar-refractivity contribution in [1.29, 1.82) is 5.26 Å². The molecule has 1 aromatic heterocycles. The number of nitrogens with one attached hydrogen (secondary N) is 2. The van der Waals surface area contributed by atoms with E-state index in [0.717, 1.165) is 10.9 Å². The molecule has 2 rings (SSSR count). The number of carbonyl (C=O) groups is 1. The molecule has 2 aromatic rings. The second-order valence-corrected chi connectivity index (χ2v) is 3.76. The molecular formula is C13H13N3O. The number of aromatic nitrogens is 1. The zero-order valence-electron chi connectivity index (χ0n) is 9.36. The average molecular weight is 227 g/mol. The van der Waals surface area contributed by atoms with Crippen LogP contribution in [-0.4, -0.2) is 17.4 Å². The summed E-state index contributed by atoms with van der Waals surface area (Å²) in [5, 5.41) is 12.1. The van der Waals surface area contributed by atoms with E-state index in [4.69, 9.17) is 5.26 Å². The van der Waals surface area contributed by atoms with Crippen molar-refractivity contribution in [3.05, 3.63) is 36.0 Å². The number of hydrogen-bond donors (Lipinski definition) is 2. The molecule has 0 spiro atoms. The van der Waals surface area contributed by atoms with E-state index in [9.17, 15) is 4.79 Å². The number of nitrogens with zero attached hydrogens (tertiary/aromatic N) is 1. The lowest BCUT2D eigenvalue weighted by atomic mass is 10.1. The first kappa shape index (κ1) is 11.2. The summed E-state index contributed by atoms with van der Waals surface area (Å²) in [5.41, 5.74) is 1.62. The molecule has 4 nitrogen and oxygen atoms in total. The molecule has 0 saturated carbocycles. The van der Waals surface area contributed by atoms with Gasteiger partial charge in [-0.2, -0.15) is 5.26 Å². The smallest absolute Gasteiger partial charge is 0.251 e. The van der Waals surface area contributed by atoms with Crippen molar-refractivity contribution in [1.82, 2.24) is 10.3 Å². The van der Waals surface area contributed by atoms with Gasteiger partial charge in [0.15, 0.2) is 0 Å². The average Bonchev–Trinajstić information content (AvgIpc) is 2.82. The number of aromatic amines is 1. The fraction of sp³-hybridized carbons (Fsp3) is 0.231. The summed E-state index contributed by atoms with van der Waals surface area (Å²) in [5.74, 6) is -0.0897. The molecule has 1 heterocycles. The number of fused-ring (bicyclic) bond motifs is 1. The van der Waals surface area contributed by atoms with Crippen LogP contribution >= 0.6 is 0 Å². The zero-order chi connectivity index (χ0) is 12.1. The van der Waals surface area contributed by atoms with Crippen LogP contribution in [0.4, 0.5) is 0 Å². The highest BCUT2D eigenvalue weighted by Crippen LogP contribution is 2.16. The van der Waals surface area contributed by atoms with E-state index in [2.05, 4.69) is 16.4 Å². The monoisotopic (exact) mass is 227 g/mol. The first-order valence-electron chi connectivity index (χ1n) is 5.54. The van der Waals surface area contributed by atoms with E-state index in [0.29, 0.717) is 24.9 Å². The molecule has 17 heavy (non-hydrogen) atoms. The van der Waals surface area contributed by atoms with Crippen LogP contribution < -0.4 is 5.32 Å². The van der Waals surface area contributed by atoms with Gasteiger partial charge in [0, 0.05) is 35.6 Å². The Labute approximate surface area is 99.3 Å². The van der Waals surface area contributed by atoms with Gasteiger partial charge in [-0.3, -0.25) is 4.79 Å². The normalized spacial score (nSPS) is 10.1. The number of benzene rings is 1. The maximum atomic E-state index is 11.9. The van der Waals surface area contributed by atoms with Gasteiger partial charge >= 0.3 is 0 Å². The Hall–Kier alpha value is -2.28. The summed E-state index contributed by atoms with van der Waals surface area (Å²) in [7, 11) is 0. The van der Waals surface area contributed by atoms with Crippen LogP contribution in [0.25, 0.3) is 10.9 Å². The van der Waals surface area contributed by atoms with Gasteiger partial charge in [0.2, 0.25) is 0 Å². The van der Waals surface area contributed by atoms with Gasteiger partial charge < -0.3 is 10.3 Å². The van der Waals surface area contributed by atoms with Gasteiger partial charge in [-0.1, -0.05) is 6.07 Å². The van der Waals surface area contributed by atoms with Crippen LogP contribution in [0, 0.1) is 11.3 Å². The van der Waals surface area contributed by atoms with E-state index in [1.807, 2.05) is 24.4 Å². The summed E-state index contributed by atoms with van der Waals surface area (Å²) >= 11 is 0. The van der Waals surface area contributed by atoms with Gasteiger partial charge in [0.05, 0.1) is 6.07 Å². The Morgan fingerprint density at radius 3 is 3.12 bits per heavy atom. The lowest BCUT2D eigenvalue weighted by Crippen LogP contribution is -2.24. The minimum absolute atomic E-state index is 0.0897. The standard InChI is InChI=1S/C13H13N3O/c14-7-1-2-8-16-13(17)11-4-3-5-12-10(11)6-9-15-12/h3-6,9,15H,1-2,8H2,(H,16,17). The van der Waals surface area contributed by atoms with Gasteiger partial charge in [-0.25, -0.2) is 0 Å². The number of H-pyrrole nitrogens is 1. The molecule has 4 heteroatoms. The van der Waals surface area contributed by atoms with Gasteiger partial charge in [0.1, 0.15) is 0 Å². The molecule has 0 atom stereocenters. The zero-order valence-corrected chi connectivity index (χ0v) is 9.36. The van der Waals surface area contributed by atoms with Crippen molar-refractivity contribution in [2.24, 2.45) is 0 Å². The lowest BCUT2D eigenvalue weighted by Gasteiger charge is -2.04. The first-order chi connectivity index (χ1) is 8.33. The molecular weight excluding hydrogens is 214 g/mol. The van der Waals surface area contributed by atoms with Crippen LogP contribution in [0.3, 0.4) is 0 Å². The third kappa shape index (κ3) is 2.45. The second-order valence-electron chi connectivity index (χ2n) is 3.76. The summed E-state index contributed by atoms with van der Waals surface area (Å²) in [6.45, 7) is 0.535. The largest absolute Gasteiger partial charge is 0.361 e. The molecule has 86 valence electrons. The highest BCUT2D eigenvalue weighted by Gasteiger charge is 2.09. The number of hydrogen-bond acceptors (Lipinski definition) is 2. The Kier molecular flexibility index (Phi) is 3.41. The van der Waals surface area contributed by atoms with Gasteiger partial charge in [0.25, 0.3) is 5.91 Å². The molecule has 0 radical (unpaired) electrons. The van der Waals surface area contributed by atoms with Crippen LogP contribution in [0.2, 0.25) is 0 Å². The van der Waals surface area contributed by atoms with Crippen molar-refractivity contribution in [2.75, 3.05) is 6.54 Å². The number of amides is 1. The number of rotatable bonds is 4. The highest BCUT2D eigenvalue weighted by molar-refractivity contribution is 6.06. The maximum absolute atomic E-state index is 11.9. The number of carbonyl (C=O) groups excluding carboxylic acids is 1. The molecule has 1 aromatic carbocycles.